The number of amides is 1. The maximum Gasteiger partial charge on any atom is 0.225 e. The molecule has 0 bridgehead atoms. The zero-order valence-corrected chi connectivity index (χ0v) is 19.1. The first kappa shape index (κ1) is 20.4. The van der Waals surface area contributed by atoms with Gasteiger partial charge < -0.3 is 20.1 Å². The molecule has 35 heavy (non-hydrogen) atoms. The Hall–Kier alpha value is -3.94. The summed E-state index contributed by atoms with van der Waals surface area (Å²) in [6.45, 7) is 1.74. The van der Waals surface area contributed by atoms with E-state index >= 15 is 0 Å². The molecule has 7 nitrogen and oxygen atoms in total. The SMILES string of the molecule is Cc1cc2[nH]c([C@@H]3CC[C@@]34C3=CC(Oc5ccnc6c5CCC(=O)N6)=CC=C(O)C34)nc2cc1F. The molecular weight excluding hydrogens is 447 g/mol. The van der Waals surface area contributed by atoms with Gasteiger partial charge in [0, 0.05) is 41.5 Å². The minimum atomic E-state index is -0.261. The van der Waals surface area contributed by atoms with E-state index in [4.69, 9.17) is 9.72 Å². The van der Waals surface area contributed by atoms with Crippen LogP contribution in [-0.2, 0) is 11.2 Å². The second-order valence-electron chi connectivity index (χ2n) is 9.85. The van der Waals surface area contributed by atoms with Crippen molar-refractivity contribution < 1.29 is 19.0 Å². The predicted octanol–water partition coefficient (Wildman–Crippen LogP) is 5.13. The van der Waals surface area contributed by atoms with E-state index in [-0.39, 0.29) is 29.0 Å². The molecule has 3 N–H and O–H groups in total. The summed E-state index contributed by atoms with van der Waals surface area (Å²) in [4.78, 5) is 24.1. The topological polar surface area (TPSA) is 100 Å². The molecule has 1 aliphatic heterocycles. The first-order valence-corrected chi connectivity index (χ1v) is 11.9. The molecule has 0 saturated heterocycles. The van der Waals surface area contributed by atoms with Crippen LogP contribution >= 0.6 is 0 Å². The van der Waals surface area contributed by atoms with Crippen molar-refractivity contribution in [3.63, 3.8) is 0 Å². The number of pyridine rings is 1. The van der Waals surface area contributed by atoms with Gasteiger partial charge in [-0.05, 0) is 67.7 Å². The molecule has 1 spiro atoms. The van der Waals surface area contributed by atoms with Crippen LogP contribution in [0.3, 0.4) is 0 Å². The fourth-order valence-corrected chi connectivity index (χ4v) is 6.06. The Morgan fingerprint density at radius 2 is 2.14 bits per heavy atom. The van der Waals surface area contributed by atoms with Gasteiger partial charge in [0.25, 0.3) is 0 Å². The van der Waals surface area contributed by atoms with Crippen LogP contribution in [-0.4, -0.2) is 26.0 Å². The lowest BCUT2D eigenvalue weighted by molar-refractivity contribution is -0.116. The Balaban J connectivity index is 1.21. The number of H-pyrrole nitrogens is 1. The predicted molar refractivity (Wildman–Crippen MR) is 127 cm³/mol. The van der Waals surface area contributed by atoms with Gasteiger partial charge >= 0.3 is 0 Å². The summed E-state index contributed by atoms with van der Waals surface area (Å²) in [6, 6.07) is 5.07. The number of halogens is 1. The van der Waals surface area contributed by atoms with Crippen LogP contribution < -0.4 is 10.1 Å². The zero-order chi connectivity index (χ0) is 23.9. The lowest BCUT2D eigenvalue weighted by Gasteiger charge is -2.36. The average molecular weight is 471 g/mol. The number of nitrogens with one attached hydrogen (secondary N) is 2. The number of aromatic nitrogens is 3. The third kappa shape index (κ3) is 2.92. The van der Waals surface area contributed by atoms with E-state index in [2.05, 4.69) is 15.3 Å². The minimum Gasteiger partial charge on any atom is -0.512 e. The van der Waals surface area contributed by atoms with Gasteiger partial charge in [-0.3, -0.25) is 4.79 Å². The number of aliphatic hydroxyl groups excluding tert-OH is 1. The summed E-state index contributed by atoms with van der Waals surface area (Å²) in [5.74, 6) is 2.71. The maximum absolute atomic E-state index is 14.1. The van der Waals surface area contributed by atoms with Crippen molar-refractivity contribution in [3.05, 3.63) is 82.5 Å². The molecule has 3 aromatic rings. The summed E-state index contributed by atoms with van der Waals surface area (Å²) < 4.78 is 20.3. The Labute approximate surface area is 200 Å². The van der Waals surface area contributed by atoms with Crippen molar-refractivity contribution in [1.82, 2.24) is 15.0 Å². The van der Waals surface area contributed by atoms with Gasteiger partial charge in [-0.15, -0.1) is 0 Å². The van der Waals surface area contributed by atoms with Gasteiger partial charge in [0.1, 0.15) is 34.7 Å². The number of hydrogen-bond acceptors (Lipinski definition) is 5. The third-order valence-corrected chi connectivity index (χ3v) is 7.97. The number of hydrogen-bond donors (Lipinski definition) is 3. The first-order valence-electron chi connectivity index (χ1n) is 11.9. The summed E-state index contributed by atoms with van der Waals surface area (Å²) in [6.07, 6.45) is 9.97. The van der Waals surface area contributed by atoms with E-state index in [9.17, 15) is 14.3 Å². The quantitative estimate of drug-likeness (QED) is 0.493. The number of benzene rings is 1. The minimum absolute atomic E-state index is 0.0481. The standard InChI is InChI=1S/C27H23FN4O3/c1-13-10-19-20(12-18(13)28)31-26(30-19)16-6-8-27(16)17-11-14(2-4-21(33)24(17)27)35-22-7-9-29-25-15(22)3-5-23(34)32-25/h2,4,7,9-12,16,24,33H,3,5-6,8H2,1H3,(H,30,31)(H,29,32,34)/t16-,24?,27-/m0/s1. The molecule has 1 unspecified atom stereocenters. The molecule has 3 heterocycles. The van der Waals surface area contributed by atoms with E-state index in [0.29, 0.717) is 47.0 Å². The number of nitrogens with zero attached hydrogens (tertiary/aromatic N) is 2. The molecule has 1 amide bonds. The molecule has 176 valence electrons. The summed E-state index contributed by atoms with van der Waals surface area (Å²) in [7, 11) is 0. The molecule has 3 atom stereocenters. The summed E-state index contributed by atoms with van der Waals surface area (Å²) >= 11 is 0. The molecule has 1 aromatic carbocycles. The Morgan fingerprint density at radius 1 is 1.26 bits per heavy atom. The molecule has 8 heteroatoms. The number of aryl methyl sites for hydroxylation is 1. The van der Waals surface area contributed by atoms with Gasteiger partial charge in [-0.2, -0.15) is 0 Å². The fraction of sp³-hybridized carbons (Fsp3) is 0.296. The van der Waals surface area contributed by atoms with Gasteiger partial charge in [0.2, 0.25) is 5.91 Å². The number of imidazole rings is 1. The average Bonchev–Trinajstić information content (AvgIpc) is 3.39. The number of carbonyl (C=O) groups is 1. The molecule has 3 aliphatic carbocycles. The van der Waals surface area contributed by atoms with Crippen LogP contribution in [0.5, 0.6) is 5.75 Å². The van der Waals surface area contributed by atoms with Gasteiger partial charge in [0.05, 0.1) is 11.0 Å². The number of allylic oxidation sites excluding steroid dienone is 4. The Kier molecular flexibility index (Phi) is 4.11. The number of rotatable bonds is 3. The zero-order valence-electron chi connectivity index (χ0n) is 19.1. The lowest BCUT2D eigenvalue weighted by atomic mass is 9.67. The highest BCUT2D eigenvalue weighted by atomic mass is 19.1. The molecule has 4 aliphatic rings. The van der Waals surface area contributed by atoms with Crippen molar-refractivity contribution in [2.45, 2.75) is 38.5 Å². The largest absolute Gasteiger partial charge is 0.512 e. The maximum atomic E-state index is 14.1. The molecular formula is C27H23FN4O3. The molecule has 7 rings (SSSR count). The van der Waals surface area contributed by atoms with Crippen LogP contribution in [0.1, 0.15) is 42.1 Å². The molecule has 2 fully saturated rings. The van der Waals surface area contributed by atoms with Crippen molar-refractivity contribution in [3.8, 4) is 5.75 Å². The van der Waals surface area contributed by atoms with Crippen LogP contribution in [0.15, 0.2) is 59.7 Å². The van der Waals surface area contributed by atoms with E-state index in [0.717, 1.165) is 35.3 Å². The highest BCUT2D eigenvalue weighted by Crippen LogP contribution is 2.77. The van der Waals surface area contributed by atoms with E-state index < -0.39 is 0 Å². The van der Waals surface area contributed by atoms with E-state index in [1.807, 2.05) is 6.08 Å². The van der Waals surface area contributed by atoms with Crippen LogP contribution in [0.2, 0.25) is 0 Å². The number of fused-ring (bicyclic) bond motifs is 5. The van der Waals surface area contributed by atoms with Crippen LogP contribution in [0.25, 0.3) is 11.0 Å². The smallest absolute Gasteiger partial charge is 0.225 e. The fourth-order valence-electron chi connectivity index (χ4n) is 6.06. The van der Waals surface area contributed by atoms with Gasteiger partial charge in [-0.1, -0.05) is 0 Å². The number of anilines is 1. The van der Waals surface area contributed by atoms with Crippen molar-refractivity contribution in [1.29, 1.82) is 0 Å². The van der Waals surface area contributed by atoms with Crippen LogP contribution in [0, 0.1) is 24.1 Å². The highest BCUT2D eigenvalue weighted by Gasteiger charge is 2.71. The normalized spacial score (nSPS) is 26.6. The van der Waals surface area contributed by atoms with Crippen molar-refractivity contribution in [2.75, 3.05) is 5.32 Å². The number of ether oxygens (including phenoxy) is 1. The Bertz CT molecular complexity index is 1500. The molecule has 2 saturated carbocycles. The van der Waals surface area contributed by atoms with E-state index in [1.165, 1.54) is 6.07 Å². The summed E-state index contributed by atoms with van der Waals surface area (Å²) in [5, 5.41) is 13.7. The second-order valence-corrected chi connectivity index (χ2v) is 9.85. The summed E-state index contributed by atoms with van der Waals surface area (Å²) in [5.41, 5.74) is 3.84. The van der Waals surface area contributed by atoms with E-state index in [1.54, 1.807) is 37.4 Å². The number of carbonyl (C=O) groups excluding carboxylic acids is 1. The number of aromatic amines is 1. The van der Waals surface area contributed by atoms with Gasteiger partial charge in [0.15, 0.2) is 0 Å². The number of aliphatic hydroxyl groups is 1. The second kappa shape index (κ2) is 7.04. The highest BCUT2D eigenvalue weighted by molar-refractivity contribution is 5.93. The van der Waals surface area contributed by atoms with Crippen molar-refractivity contribution in [2.24, 2.45) is 11.3 Å². The molecule has 0 radical (unpaired) electrons. The lowest BCUT2D eigenvalue weighted by Crippen LogP contribution is -2.29. The molecule has 2 aromatic heterocycles. The van der Waals surface area contributed by atoms with Gasteiger partial charge in [-0.25, -0.2) is 14.4 Å². The van der Waals surface area contributed by atoms with Crippen molar-refractivity contribution >= 4 is 22.8 Å². The Morgan fingerprint density at radius 3 is 2.97 bits per heavy atom. The third-order valence-electron chi connectivity index (χ3n) is 7.97. The first-order chi connectivity index (χ1) is 16.9. The monoisotopic (exact) mass is 470 g/mol. The van der Waals surface area contributed by atoms with Crippen LogP contribution in [0.4, 0.5) is 10.2 Å².